The highest BCUT2D eigenvalue weighted by Crippen LogP contribution is 2.31. The van der Waals surface area contributed by atoms with E-state index in [4.69, 9.17) is 23.2 Å². The molecule has 0 N–H and O–H groups in total. The lowest BCUT2D eigenvalue weighted by molar-refractivity contribution is -0.384. The molecule has 5 nitrogen and oxygen atoms in total. The molecule has 100 valence electrons. The molecule has 0 aliphatic carbocycles. The first-order valence-corrected chi connectivity index (χ1v) is 7.42. The summed E-state index contributed by atoms with van der Waals surface area (Å²) in [6, 6.07) is 2.25. The quantitative estimate of drug-likeness (QED) is 0.486. The second-order valence-corrected chi connectivity index (χ2v) is 6.89. The molecule has 0 fully saturated rings. The summed E-state index contributed by atoms with van der Waals surface area (Å²) in [7, 11) is -3.62. The topological polar surface area (TPSA) is 77.3 Å². The number of nitro groups is 1. The van der Waals surface area contributed by atoms with Crippen molar-refractivity contribution in [2.24, 2.45) is 0 Å². The van der Waals surface area contributed by atoms with Gasteiger partial charge in [0, 0.05) is 11.9 Å². The van der Waals surface area contributed by atoms with Crippen molar-refractivity contribution in [2.75, 3.05) is 5.88 Å². The monoisotopic (exact) mass is 311 g/mol. The SMILES string of the molecule is Cc1cc([N+](=O)[O-])c(Cl)cc1S(=O)(=O)C(C)CCl. The second kappa shape index (κ2) is 5.42. The zero-order valence-corrected chi connectivity index (χ0v) is 12.0. The Morgan fingerprint density at radius 2 is 2.00 bits per heavy atom. The van der Waals surface area contributed by atoms with Gasteiger partial charge in [0.15, 0.2) is 9.84 Å². The van der Waals surface area contributed by atoms with Crippen molar-refractivity contribution < 1.29 is 13.3 Å². The van der Waals surface area contributed by atoms with E-state index in [2.05, 4.69) is 0 Å². The van der Waals surface area contributed by atoms with Gasteiger partial charge in [0.05, 0.1) is 15.1 Å². The Labute approximate surface area is 115 Å². The van der Waals surface area contributed by atoms with Gasteiger partial charge in [0.2, 0.25) is 0 Å². The maximum Gasteiger partial charge on any atom is 0.288 e. The zero-order chi connectivity index (χ0) is 14.1. The van der Waals surface area contributed by atoms with Gasteiger partial charge in [-0.2, -0.15) is 0 Å². The third kappa shape index (κ3) is 2.76. The van der Waals surface area contributed by atoms with Crippen LogP contribution in [0.25, 0.3) is 0 Å². The molecular weight excluding hydrogens is 301 g/mol. The number of hydrogen-bond donors (Lipinski definition) is 0. The molecule has 0 saturated carbocycles. The van der Waals surface area contributed by atoms with Crippen molar-refractivity contribution in [3.63, 3.8) is 0 Å². The first-order valence-electron chi connectivity index (χ1n) is 4.96. The number of hydrogen-bond acceptors (Lipinski definition) is 4. The number of nitrogens with zero attached hydrogens (tertiary/aromatic N) is 1. The van der Waals surface area contributed by atoms with E-state index in [-0.39, 0.29) is 27.0 Å². The van der Waals surface area contributed by atoms with Gasteiger partial charge in [0.25, 0.3) is 5.69 Å². The third-order valence-corrected chi connectivity index (χ3v) is 5.72. The zero-order valence-electron chi connectivity index (χ0n) is 9.68. The Bertz CT molecular complexity index is 586. The highest BCUT2D eigenvalue weighted by atomic mass is 35.5. The predicted octanol–water partition coefficient (Wildman–Crippen LogP) is 2.96. The molecule has 0 heterocycles. The van der Waals surface area contributed by atoms with E-state index >= 15 is 0 Å². The van der Waals surface area contributed by atoms with Crippen LogP contribution in [0.1, 0.15) is 12.5 Å². The highest BCUT2D eigenvalue weighted by molar-refractivity contribution is 7.92. The Morgan fingerprint density at radius 3 is 2.44 bits per heavy atom. The number of benzene rings is 1. The minimum absolute atomic E-state index is 0.0220. The maximum atomic E-state index is 12.1. The molecule has 1 unspecified atom stereocenters. The Kier molecular flexibility index (Phi) is 4.58. The minimum Gasteiger partial charge on any atom is -0.258 e. The van der Waals surface area contributed by atoms with Crippen molar-refractivity contribution in [1.82, 2.24) is 0 Å². The van der Waals surface area contributed by atoms with Gasteiger partial charge < -0.3 is 0 Å². The van der Waals surface area contributed by atoms with E-state index in [1.54, 1.807) is 0 Å². The average molecular weight is 312 g/mol. The third-order valence-electron chi connectivity index (χ3n) is 2.49. The van der Waals surface area contributed by atoms with Crippen LogP contribution in [0, 0.1) is 17.0 Å². The number of sulfone groups is 1. The smallest absolute Gasteiger partial charge is 0.258 e. The number of aryl methyl sites for hydroxylation is 1. The molecule has 0 aliphatic rings. The van der Waals surface area contributed by atoms with E-state index in [0.29, 0.717) is 0 Å². The van der Waals surface area contributed by atoms with Crippen molar-refractivity contribution >= 4 is 38.7 Å². The summed E-state index contributed by atoms with van der Waals surface area (Å²) >= 11 is 11.3. The van der Waals surface area contributed by atoms with E-state index in [1.165, 1.54) is 13.8 Å². The normalized spacial score (nSPS) is 13.3. The molecule has 1 aromatic carbocycles. The van der Waals surface area contributed by atoms with E-state index in [0.717, 1.165) is 12.1 Å². The molecule has 1 atom stereocenters. The minimum atomic E-state index is -3.62. The van der Waals surface area contributed by atoms with Crippen molar-refractivity contribution in [1.29, 1.82) is 0 Å². The lowest BCUT2D eigenvalue weighted by Crippen LogP contribution is -2.20. The molecule has 0 aliphatic heterocycles. The van der Waals surface area contributed by atoms with E-state index in [9.17, 15) is 18.5 Å². The fraction of sp³-hybridized carbons (Fsp3) is 0.400. The summed E-state index contributed by atoms with van der Waals surface area (Å²) in [5.74, 6) is -0.0591. The van der Waals surface area contributed by atoms with Crippen LogP contribution in [0.4, 0.5) is 5.69 Å². The molecule has 0 amide bonds. The molecule has 0 spiro atoms. The van der Waals surface area contributed by atoms with Crippen LogP contribution in [0.3, 0.4) is 0 Å². The molecule has 18 heavy (non-hydrogen) atoms. The number of halogens is 2. The van der Waals surface area contributed by atoms with Crippen LogP contribution >= 0.6 is 23.2 Å². The van der Waals surface area contributed by atoms with Crippen molar-refractivity contribution in [3.8, 4) is 0 Å². The van der Waals surface area contributed by atoms with Crippen LogP contribution < -0.4 is 0 Å². The van der Waals surface area contributed by atoms with Crippen molar-refractivity contribution in [2.45, 2.75) is 24.0 Å². The van der Waals surface area contributed by atoms with Gasteiger partial charge in [-0.3, -0.25) is 10.1 Å². The molecule has 1 rings (SSSR count). The molecule has 0 saturated heterocycles. The predicted molar refractivity (Wildman–Crippen MR) is 70.2 cm³/mol. The average Bonchev–Trinajstić information content (AvgIpc) is 2.29. The van der Waals surface area contributed by atoms with Gasteiger partial charge in [0.1, 0.15) is 5.02 Å². The summed E-state index contributed by atoms with van der Waals surface area (Å²) in [6.07, 6.45) is 0. The van der Waals surface area contributed by atoms with Gasteiger partial charge in [-0.05, 0) is 25.5 Å². The standard InChI is InChI=1S/C10H11Cl2NO4S/c1-6-3-9(13(14)15)8(12)4-10(6)18(16,17)7(2)5-11/h3-4,7H,5H2,1-2H3. The largest absolute Gasteiger partial charge is 0.288 e. The first-order chi connectivity index (χ1) is 8.21. The van der Waals surface area contributed by atoms with Crippen LogP contribution in [-0.2, 0) is 9.84 Å². The van der Waals surface area contributed by atoms with Crippen molar-refractivity contribution in [3.05, 3.63) is 32.8 Å². The van der Waals surface area contributed by atoms with Crippen LogP contribution in [0.15, 0.2) is 17.0 Å². The van der Waals surface area contributed by atoms with Gasteiger partial charge >= 0.3 is 0 Å². The number of nitro benzene ring substituents is 1. The molecular formula is C10H11Cl2NO4S. The fourth-order valence-corrected chi connectivity index (χ4v) is 3.58. The van der Waals surface area contributed by atoms with Crippen LogP contribution in [0.5, 0.6) is 0 Å². The molecule has 1 aromatic rings. The maximum absolute atomic E-state index is 12.1. The van der Waals surface area contributed by atoms with Gasteiger partial charge in [-0.25, -0.2) is 8.42 Å². The number of alkyl halides is 1. The summed E-state index contributed by atoms with van der Waals surface area (Å²) < 4.78 is 24.2. The first kappa shape index (κ1) is 15.2. The van der Waals surface area contributed by atoms with E-state index < -0.39 is 20.0 Å². The lowest BCUT2D eigenvalue weighted by atomic mass is 10.2. The highest BCUT2D eigenvalue weighted by Gasteiger charge is 2.27. The molecule has 8 heteroatoms. The Balaban J connectivity index is 3.46. The summed E-state index contributed by atoms with van der Waals surface area (Å²) in [6.45, 7) is 2.95. The van der Waals surface area contributed by atoms with Crippen LogP contribution in [0.2, 0.25) is 5.02 Å². The lowest BCUT2D eigenvalue weighted by Gasteiger charge is -2.12. The molecule has 0 bridgehead atoms. The van der Waals surface area contributed by atoms with Gasteiger partial charge in [-0.1, -0.05) is 11.6 Å². The van der Waals surface area contributed by atoms with Crippen LogP contribution in [-0.4, -0.2) is 24.5 Å². The Morgan fingerprint density at radius 1 is 1.44 bits per heavy atom. The fourth-order valence-electron chi connectivity index (χ4n) is 1.39. The number of rotatable bonds is 4. The summed E-state index contributed by atoms with van der Waals surface area (Å²) in [4.78, 5) is 10.00. The molecule has 0 radical (unpaired) electrons. The summed E-state index contributed by atoms with van der Waals surface area (Å²) in [5.41, 5.74) is -0.0327. The Hall–Kier alpha value is -0.850. The second-order valence-electron chi connectivity index (χ2n) is 3.84. The summed E-state index contributed by atoms with van der Waals surface area (Å²) in [5, 5.41) is 9.69. The van der Waals surface area contributed by atoms with E-state index in [1.807, 2.05) is 0 Å². The molecule has 0 aromatic heterocycles. The van der Waals surface area contributed by atoms with Gasteiger partial charge in [-0.15, -0.1) is 11.6 Å².